The largest absolute Gasteiger partial charge is 0.484 e. The van der Waals surface area contributed by atoms with Crippen molar-refractivity contribution in [2.75, 3.05) is 16.8 Å². The number of hydrogen-bond donors (Lipinski definition) is 2. The highest BCUT2D eigenvalue weighted by molar-refractivity contribution is 8.00. The number of aromatic nitrogens is 1. The number of thiazole rings is 1. The molecular formula is C34H25F4N3O5S2. The summed E-state index contributed by atoms with van der Waals surface area (Å²) in [6.45, 7) is -0.520. The molecule has 2 N–H and O–H groups in total. The number of benzene rings is 3. The van der Waals surface area contributed by atoms with E-state index in [1.807, 2.05) is 12.1 Å². The molecule has 8 rings (SSSR count). The summed E-state index contributed by atoms with van der Waals surface area (Å²) in [6.07, 6.45) is -3.93. The Bertz CT molecular complexity index is 2010. The van der Waals surface area contributed by atoms with E-state index in [-0.39, 0.29) is 51.3 Å². The number of thioether (sulfide) groups is 1. The maximum atomic E-state index is 13.8. The summed E-state index contributed by atoms with van der Waals surface area (Å²) < 4.78 is 59.2. The Kier molecular flexibility index (Phi) is 7.29. The molecule has 2 aliphatic carbocycles. The summed E-state index contributed by atoms with van der Waals surface area (Å²) >= 11 is 2.69. The Morgan fingerprint density at radius 1 is 0.938 bits per heavy atom. The lowest BCUT2D eigenvalue weighted by atomic mass is 9.68. The average Bonchev–Trinajstić information content (AvgIpc) is 3.79. The molecule has 0 unspecified atom stereocenters. The molecule has 3 heterocycles. The summed E-state index contributed by atoms with van der Waals surface area (Å²) in [4.78, 5) is 57.4. The number of amides is 3. The third-order valence-corrected chi connectivity index (χ3v) is 12.5. The van der Waals surface area contributed by atoms with E-state index < -0.39 is 41.9 Å². The van der Waals surface area contributed by atoms with Gasteiger partial charge in [-0.2, -0.15) is 13.2 Å². The molecule has 0 spiro atoms. The van der Waals surface area contributed by atoms with Crippen LogP contribution in [0.15, 0.2) is 82.6 Å². The first-order chi connectivity index (χ1) is 23.0. The molecular weight excluding hydrogens is 671 g/mol. The van der Waals surface area contributed by atoms with Crippen molar-refractivity contribution >= 4 is 52.2 Å². The van der Waals surface area contributed by atoms with Gasteiger partial charge in [0.05, 0.1) is 33.8 Å². The van der Waals surface area contributed by atoms with Gasteiger partial charge in [0.2, 0.25) is 11.8 Å². The van der Waals surface area contributed by atoms with Gasteiger partial charge in [0.25, 0.3) is 5.91 Å². The first-order valence-electron chi connectivity index (χ1n) is 15.2. The Hall–Kier alpha value is -4.43. The third kappa shape index (κ3) is 4.95. The number of H-pyrrole nitrogens is 1. The molecule has 2 saturated carbocycles. The van der Waals surface area contributed by atoms with Gasteiger partial charge in [-0.15, -0.1) is 11.8 Å². The summed E-state index contributed by atoms with van der Waals surface area (Å²) in [7, 11) is 0. The molecule has 1 aromatic heterocycles. The summed E-state index contributed by atoms with van der Waals surface area (Å²) in [5.74, 6) is -2.94. The van der Waals surface area contributed by atoms with Gasteiger partial charge in [-0.1, -0.05) is 35.6 Å². The Morgan fingerprint density at radius 2 is 1.62 bits per heavy atom. The van der Waals surface area contributed by atoms with Gasteiger partial charge in [0.1, 0.15) is 11.6 Å². The molecule has 246 valence electrons. The number of halogens is 4. The van der Waals surface area contributed by atoms with E-state index in [1.54, 1.807) is 23.9 Å². The number of fused-ring (bicyclic) bond motifs is 9. The van der Waals surface area contributed by atoms with Gasteiger partial charge in [0.15, 0.2) is 6.61 Å². The van der Waals surface area contributed by atoms with Crippen molar-refractivity contribution < 1.29 is 36.7 Å². The molecule has 3 amide bonds. The zero-order chi connectivity index (χ0) is 33.5. The van der Waals surface area contributed by atoms with Crippen LogP contribution >= 0.6 is 23.1 Å². The van der Waals surface area contributed by atoms with Crippen LogP contribution in [0.5, 0.6) is 5.75 Å². The van der Waals surface area contributed by atoms with Gasteiger partial charge >= 0.3 is 11.0 Å². The fraction of sp³-hybridized carbons (Fsp3) is 0.294. The van der Waals surface area contributed by atoms with Crippen molar-refractivity contribution in [2.45, 2.75) is 28.8 Å². The molecule has 7 atom stereocenters. The van der Waals surface area contributed by atoms with Crippen molar-refractivity contribution in [3.63, 3.8) is 0 Å². The van der Waals surface area contributed by atoms with Crippen LogP contribution in [0.4, 0.5) is 28.9 Å². The van der Waals surface area contributed by atoms with E-state index in [4.69, 9.17) is 4.74 Å². The van der Waals surface area contributed by atoms with Gasteiger partial charge in [-0.25, -0.2) is 4.39 Å². The van der Waals surface area contributed by atoms with Crippen molar-refractivity contribution in [3.05, 3.63) is 104 Å². The van der Waals surface area contributed by atoms with E-state index in [0.29, 0.717) is 17.9 Å². The lowest BCUT2D eigenvalue weighted by Crippen LogP contribution is -2.42. The number of nitrogens with one attached hydrogen (secondary N) is 2. The predicted octanol–water partition coefficient (Wildman–Crippen LogP) is 6.29. The first kappa shape index (κ1) is 30.9. The van der Waals surface area contributed by atoms with E-state index >= 15 is 0 Å². The number of rotatable bonds is 6. The number of ether oxygens (including phenoxy) is 1. The van der Waals surface area contributed by atoms with Crippen LogP contribution in [0, 0.1) is 35.4 Å². The quantitative estimate of drug-likeness (QED) is 0.181. The minimum absolute atomic E-state index is 0.0249. The van der Waals surface area contributed by atoms with Crippen molar-refractivity contribution in [1.82, 2.24) is 4.98 Å². The van der Waals surface area contributed by atoms with Gasteiger partial charge in [-0.3, -0.25) is 24.1 Å². The standard InChI is InChI=1S/C34H25F4N3O5S2/c35-16-7-9-17(10-8-16)41-31(43)26-19-13-20(27(26)32(41)44)28-25(19)24(29-30(47-28)40-33(45)48-29)15-5-11-18(12-6-15)46-14-23(42)39-22-4-2-1-3-21(22)34(36,37)38/h1-12,19-20,24-28H,13-14H2,(H,39,42)(H,40,45)/t19-,20-,24+,25-,26+,27+,28-/m1/s1. The number of imide groups is 1. The van der Waals surface area contributed by atoms with Gasteiger partial charge in [0, 0.05) is 16.0 Å². The molecule has 3 aromatic carbocycles. The van der Waals surface area contributed by atoms with Crippen molar-refractivity contribution in [2.24, 2.45) is 29.6 Å². The van der Waals surface area contributed by atoms with E-state index in [9.17, 15) is 36.7 Å². The molecule has 4 aromatic rings. The molecule has 4 aliphatic rings. The predicted molar refractivity (Wildman–Crippen MR) is 169 cm³/mol. The molecule has 0 radical (unpaired) electrons. The topological polar surface area (TPSA) is 109 Å². The number of para-hydroxylation sites is 1. The maximum absolute atomic E-state index is 13.8. The molecule has 3 fully saturated rings. The number of alkyl halides is 3. The fourth-order valence-corrected chi connectivity index (χ4v) is 11.1. The smallest absolute Gasteiger partial charge is 0.418 e. The fourth-order valence-electron chi connectivity index (χ4n) is 8.18. The van der Waals surface area contributed by atoms with E-state index in [2.05, 4.69) is 10.3 Å². The number of aromatic amines is 1. The minimum atomic E-state index is -4.63. The van der Waals surface area contributed by atoms with Crippen LogP contribution in [0.2, 0.25) is 0 Å². The van der Waals surface area contributed by atoms with Gasteiger partial charge < -0.3 is 15.0 Å². The summed E-state index contributed by atoms with van der Waals surface area (Å²) in [5, 5.41) is 2.98. The average molecular weight is 696 g/mol. The minimum Gasteiger partial charge on any atom is -0.484 e. The molecule has 14 heteroatoms. The number of nitrogens with zero attached hydrogens (tertiary/aromatic N) is 1. The second-order valence-electron chi connectivity index (χ2n) is 12.4. The van der Waals surface area contributed by atoms with Crippen LogP contribution in [-0.2, 0) is 20.6 Å². The second-order valence-corrected chi connectivity index (χ2v) is 14.6. The SMILES string of the molecule is O=C(COc1ccc([C@@H]2c3sc(=O)[nH]c3S[C@@H]3[C@@H]4C[C@@H]([C@@H]5C(=O)N(c6ccc(F)cc6)C(=O)[C@@H]45)[C@H]23)cc1)Nc1ccccc1C(F)(F)F. The highest BCUT2D eigenvalue weighted by Crippen LogP contribution is 2.68. The van der Waals surface area contributed by atoms with E-state index in [1.165, 1.54) is 47.4 Å². The monoisotopic (exact) mass is 695 g/mol. The van der Waals surface area contributed by atoms with E-state index in [0.717, 1.165) is 32.9 Å². The summed E-state index contributed by atoms with van der Waals surface area (Å²) in [5.41, 5.74) is -0.105. The summed E-state index contributed by atoms with van der Waals surface area (Å²) in [6, 6.07) is 17.0. The number of anilines is 2. The Balaban J connectivity index is 1.03. The first-order valence-corrected chi connectivity index (χ1v) is 16.9. The Morgan fingerprint density at radius 3 is 2.33 bits per heavy atom. The highest BCUT2D eigenvalue weighted by atomic mass is 32.2. The van der Waals surface area contributed by atoms with Crippen LogP contribution < -0.4 is 19.8 Å². The maximum Gasteiger partial charge on any atom is 0.418 e. The number of carbonyl (C=O) groups is 3. The number of carbonyl (C=O) groups excluding carboxylic acids is 3. The van der Waals surface area contributed by atoms with Gasteiger partial charge in [-0.05, 0) is 78.3 Å². The molecule has 1 saturated heterocycles. The van der Waals surface area contributed by atoms with Crippen LogP contribution in [0.25, 0.3) is 0 Å². The molecule has 2 bridgehead atoms. The van der Waals surface area contributed by atoms with Crippen LogP contribution in [0.1, 0.15) is 28.3 Å². The second kappa shape index (κ2) is 11.3. The molecule has 2 aliphatic heterocycles. The van der Waals surface area contributed by atoms with Crippen LogP contribution in [0.3, 0.4) is 0 Å². The lowest BCUT2D eigenvalue weighted by Gasteiger charge is -2.43. The molecule has 8 nitrogen and oxygen atoms in total. The highest BCUT2D eigenvalue weighted by Gasteiger charge is 2.69. The zero-order valence-corrected chi connectivity index (χ0v) is 26.3. The van der Waals surface area contributed by atoms with Crippen LogP contribution in [-0.4, -0.2) is 34.6 Å². The zero-order valence-electron chi connectivity index (χ0n) is 24.7. The normalized spacial score (nSPS) is 27.1. The van der Waals surface area contributed by atoms with Crippen molar-refractivity contribution in [3.8, 4) is 5.75 Å². The number of hydrogen-bond acceptors (Lipinski definition) is 7. The third-order valence-electron chi connectivity index (χ3n) is 9.92. The van der Waals surface area contributed by atoms with Crippen molar-refractivity contribution in [1.29, 1.82) is 0 Å². The Labute approximate surface area is 278 Å². The lowest BCUT2D eigenvalue weighted by molar-refractivity contribution is -0.137. The molecule has 48 heavy (non-hydrogen) atoms.